The van der Waals surface area contributed by atoms with Crippen LogP contribution in [-0.4, -0.2) is 27.2 Å². The molecule has 2 aromatic heterocycles. The van der Waals surface area contributed by atoms with Gasteiger partial charge in [-0.2, -0.15) is 0 Å². The van der Waals surface area contributed by atoms with Crippen molar-refractivity contribution in [1.82, 2.24) is 14.6 Å². The Morgan fingerprint density at radius 3 is 2.89 bits per heavy atom. The van der Waals surface area contributed by atoms with Crippen LogP contribution in [0.4, 0.5) is 0 Å². The van der Waals surface area contributed by atoms with E-state index in [2.05, 4.69) is 10.1 Å². The van der Waals surface area contributed by atoms with E-state index in [4.69, 9.17) is 4.74 Å². The predicted octanol–water partition coefficient (Wildman–Crippen LogP) is 1.32. The summed E-state index contributed by atoms with van der Waals surface area (Å²) in [5.41, 5.74) is 0.974. The fourth-order valence-corrected chi connectivity index (χ4v) is 1.75. The molecule has 0 aliphatic carbocycles. The summed E-state index contributed by atoms with van der Waals surface area (Å²) in [6.45, 7) is 5.93. The van der Waals surface area contributed by atoms with Crippen LogP contribution in [0.15, 0.2) is 17.2 Å². The number of carbonyl (C=O) groups excluding carboxylic acids is 1. The maximum absolute atomic E-state index is 12.1. The average Bonchev–Trinajstić information content (AvgIpc) is 2.74. The lowest BCUT2D eigenvalue weighted by atomic mass is 10.1. The monoisotopic (exact) mass is 249 g/mol. The smallest absolute Gasteiger partial charge is 0.345 e. The largest absolute Gasteiger partial charge is 0.462 e. The number of H-pyrrole nitrogens is 1. The van der Waals surface area contributed by atoms with Gasteiger partial charge in [-0.05, 0) is 12.8 Å². The molecular weight excluding hydrogens is 234 g/mol. The van der Waals surface area contributed by atoms with Gasteiger partial charge in [0, 0.05) is 18.0 Å². The van der Waals surface area contributed by atoms with Crippen molar-refractivity contribution in [3.63, 3.8) is 0 Å². The fraction of sp³-hybridized carbons (Fsp3) is 0.417. The number of fused-ring (bicyclic) bond motifs is 1. The van der Waals surface area contributed by atoms with Crippen LogP contribution >= 0.6 is 0 Å². The van der Waals surface area contributed by atoms with Gasteiger partial charge in [-0.3, -0.25) is 9.89 Å². The predicted molar refractivity (Wildman–Crippen MR) is 65.9 cm³/mol. The van der Waals surface area contributed by atoms with Crippen LogP contribution in [0.2, 0.25) is 0 Å². The minimum Gasteiger partial charge on any atom is -0.462 e. The number of hydrogen-bond acceptors (Lipinski definition) is 4. The van der Waals surface area contributed by atoms with E-state index in [0.29, 0.717) is 5.65 Å². The number of ether oxygens (including phenoxy) is 1. The molecule has 2 heterocycles. The first kappa shape index (κ1) is 12.3. The van der Waals surface area contributed by atoms with E-state index in [1.807, 2.05) is 13.8 Å². The van der Waals surface area contributed by atoms with Crippen LogP contribution in [-0.2, 0) is 4.74 Å². The van der Waals surface area contributed by atoms with E-state index in [9.17, 15) is 9.59 Å². The first-order valence-corrected chi connectivity index (χ1v) is 5.82. The Bertz CT molecular complexity index is 640. The highest BCUT2D eigenvalue weighted by atomic mass is 16.5. The zero-order chi connectivity index (χ0) is 13.3. The van der Waals surface area contributed by atoms with Gasteiger partial charge in [0.15, 0.2) is 5.65 Å². The second-order valence-electron chi connectivity index (χ2n) is 4.24. The van der Waals surface area contributed by atoms with Crippen molar-refractivity contribution in [2.24, 2.45) is 0 Å². The van der Waals surface area contributed by atoms with Crippen molar-refractivity contribution in [2.45, 2.75) is 26.7 Å². The molecular formula is C12H15N3O3. The van der Waals surface area contributed by atoms with Crippen molar-refractivity contribution < 1.29 is 9.53 Å². The van der Waals surface area contributed by atoms with Gasteiger partial charge in [0.05, 0.1) is 6.61 Å². The van der Waals surface area contributed by atoms with Crippen molar-refractivity contribution in [2.75, 3.05) is 6.61 Å². The third kappa shape index (κ3) is 1.90. The molecule has 0 saturated carbocycles. The number of rotatable bonds is 3. The summed E-state index contributed by atoms with van der Waals surface area (Å²) in [5, 5.41) is 2.81. The first-order chi connectivity index (χ1) is 8.56. The number of nitrogens with zero attached hydrogens (tertiary/aromatic N) is 2. The molecule has 1 N–H and O–H groups in total. The topological polar surface area (TPSA) is 76.5 Å². The van der Waals surface area contributed by atoms with Crippen molar-refractivity contribution >= 4 is 11.6 Å². The molecule has 0 atom stereocenters. The van der Waals surface area contributed by atoms with Gasteiger partial charge in [-0.15, -0.1) is 0 Å². The molecule has 96 valence electrons. The molecule has 6 nitrogen and oxygen atoms in total. The Balaban J connectivity index is 2.59. The number of esters is 1. The highest BCUT2D eigenvalue weighted by molar-refractivity contribution is 5.88. The van der Waals surface area contributed by atoms with Crippen molar-refractivity contribution in [1.29, 1.82) is 0 Å². The second-order valence-corrected chi connectivity index (χ2v) is 4.24. The Labute approximate surface area is 104 Å². The van der Waals surface area contributed by atoms with Gasteiger partial charge >= 0.3 is 5.97 Å². The Kier molecular flexibility index (Phi) is 3.18. The van der Waals surface area contributed by atoms with E-state index in [1.54, 1.807) is 13.1 Å². The van der Waals surface area contributed by atoms with Crippen LogP contribution in [0, 0.1) is 0 Å². The molecule has 0 spiro atoms. The normalized spacial score (nSPS) is 11.1. The number of aromatic nitrogens is 3. The summed E-state index contributed by atoms with van der Waals surface area (Å²) in [5.74, 6) is -0.406. The molecule has 0 fully saturated rings. The average molecular weight is 249 g/mol. The molecule has 2 aromatic rings. The van der Waals surface area contributed by atoms with Crippen LogP contribution in [0.25, 0.3) is 5.65 Å². The maximum Gasteiger partial charge on any atom is 0.345 e. The molecule has 0 aromatic carbocycles. The van der Waals surface area contributed by atoms with Gasteiger partial charge in [-0.1, -0.05) is 13.8 Å². The third-order valence-corrected chi connectivity index (χ3v) is 2.69. The molecule has 6 heteroatoms. The SMILES string of the molecule is CCOC(=O)c1cnc2c(C(C)C)c[nH]n2c1=O. The van der Waals surface area contributed by atoms with E-state index >= 15 is 0 Å². The lowest BCUT2D eigenvalue weighted by Crippen LogP contribution is -2.24. The molecule has 0 aliphatic rings. The van der Waals surface area contributed by atoms with Gasteiger partial charge in [0.2, 0.25) is 0 Å². The quantitative estimate of drug-likeness (QED) is 0.832. The zero-order valence-corrected chi connectivity index (χ0v) is 10.6. The summed E-state index contributed by atoms with van der Waals surface area (Å²) in [6.07, 6.45) is 3.00. The van der Waals surface area contributed by atoms with E-state index in [-0.39, 0.29) is 18.1 Å². The van der Waals surface area contributed by atoms with Gasteiger partial charge in [-0.25, -0.2) is 14.3 Å². The summed E-state index contributed by atoms with van der Waals surface area (Å²) >= 11 is 0. The van der Waals surface area contributed by atoms with Crippen LogP contribution < -0.4 is 5.56 Å². The van der Waals surface area contributed by atoms with Gasteiger partial charge in [0.1, 0.15) is 5.56 Å². The standard InChI is InChI=1S/C12H15N3O3/c1-4-18-12(17)9-5-13-10-8(7(2)3)6-14-15(10)11(9)16/h5-7,14H,4H2,1-3H3. The second kappa shape index (κ2) is 4.64. The van der Waals surface area contributed by atoms with Gasteiger partial charge in [0.25, 0.3) is 5.56 Å². The lowest BCUT2D eigenvalue weighted by Gasteiger charge is -2.03. The van der Waals surface area contributed by atoms with E-state index in [1.165, 1.54) is 10.7 Å². The number of hydrogen-bond donors (Lipinski definition) is 1. The van der Waals surface area contributed by atoms with Crippen molar-refractivity contribution in [3.8, 4) is 0 Å². The molecule has 0 unspecified atom stereocenters. The molecule has 18 heavy (non-hydrogen) atoms. The molecule has 2 rings (SSSR count). The van der Waals surface area contributed by atoms with Crippen molar-refractivity contribution in [3.05, 3.63) is 33.9 Å². The molecule has 0 aliphatic heterocycles. The van der Waals surface area contributed by atoms with Crippen LogP contribution in [0.1, 0.15) is 42.6 Å². The molecule has 0 radical (unpaired) electrons. The summed E-state index contributed by atoms with van der Waals surface area (Å²) in [4.78, 5) is 27.8. The van der Waals surface area contributed by atoms with E-state index < -0.39 is 11.5 Å². The maximum atomic E-state index is 12.1. The van der Waals surface area contributed by atoms with Gasteiger partial charge < -0.3 is 4.74 Å². The molecule has 0 saturated heterocycles. The minimum absolute atomic E-state index is 0.0634. The third-order valence-electron chi connectivity index (χ3n) is 2.69. The van der Waals surface area contributed by atoms with Crippen LogP contribution in [0.3, 0.4) is 0 Å². The summed E-state index contributed by atoms with van der Waals surface area (Å²) < 4.78 is 6.07. The number of aromatic amines is 1. The molecule has 0 bridgehead atoms. The number of nitrogens with one attached hydrogen (secondary N) is 1. The lowest BCUT2D eigenvalue weighted by molar-refractivity contribution is 0.0523. The number of carbonyl (C=O) groups is 1. The summed E-state index contributed by atoms with van der Waals surface area (Å²) in [7, 11) is 0. The zero-order valence-electron chi connectivity index (χ0n) is 10.6. The highest BCUT2D eigenvalue weighted by Crippen LogP contribution is 2.17. The van der Waals surface area contributed by atoms with Crippen LogP contribution in [0.5, 0.6) is 0 Å². The highest BCUT2D eigenvalue weighted by Gasteiger charge is 2.17. The minimum atomic E-state index is -0.648. The Morgan fingerprint density at radius 1 is 1.56 bits per heavy atom. The summed E-state index contributed by atoms with van der Waals surface area (Å²) in [6, 6.07) is 0. The molecule has 0 amide bonds. The fourth-order valence-electron chi connectivity index (χ4n) is 1.75. The first-order valence-electron chi connectivity index (χ1n) is 5.82. The Hall–Kier alpha value is -2.11. The van der Waals surface area contributed by atoms with E-state index in [0.717, 1.165) is 5.56 Å². The Morgan fingerprint density at radius 2 is 2.28 bits per heavy atom.